The van der Waals surface area contributed by atoms with E-state index in [4.69, 9.17) is 11.5 Å². The summed E-state index contributed by atoms with van der Waals surface area (Å²) in [5, 5.41) is 2.51. The van der Waals surface area contributed by atoms with Crippen LogP contribution in [0, 0.1) is 5.92 Å². The van der Waals surface area contributed by atoms with Crippen molar-refractivity contribution in [3.63, 3.8) is 0 Å². The van der Waals surface area contributed by atoms with Gasteiger partial charge >= 0.3 is 0 Å². The summed E-state index contributed by atoms with van der Waals surface area (Å²) in [6, 6.07) is 0.0172. The van der Waals surface area contributed by atoms with E-state index < -0.39 is 0 Å². The van der Waals surface area contributed by atoms with Gasteiger partial charge in [-0.2, -0.15) is 0 Å². The third kappa shape index (κ3) is 1.91. The lowest BCUT2D eigenvalue weighted by Gasteiger charge is -2.11. The molecule has 0 aromatic carbocycles. The molecule has 0 aliphatic heterocycles. The zero-order chi connectivity index (χ0) is 8.43. The van der Waals surface area contributed by atoms with Crippen molar-refractivity contribution in [1.82, 2.24) is 4.98 Å². The Morgan fingerprint density at radius 2 is 2.18 bits per heavy atom. The summed E-state index contributed by atoms with van der Waals surface area (Å²) in [5.74, 6) is 0.413. The van der Waals surface area contributed by atoms with Crippen LogP contribution in [0.4, 0.5) is 5.13 Å². The highest BCUT2D eigenvalue weighted by molar-refractivity contribution is 7.13. The first kappa shape index (κ1) is 8.49. The zero-order valence-corrected chi connectivity index (χ0v) is 7.56. The second-order valence-corrected chi connectivity index (χ2v) is 3.77. The van der Waals surface area contributed by atoms with Gasteiger partial charge in [-0.05, 0) is 5.92 Å². The van der Waals surface area contributed by atoms with Crippen molar-refractivity contribution < 1.29 is 0 Å². The first-order chi connectivity index (χ1) is 5.11. The maximum absolute atomic E-state index is 5.84. The van der Waals surface area contributed by atoms with Crippen LogP contribution in [0.25, 0.3) is 0 Å². The van der Waals surface area contributed by atoms with Crippen LogP contribution in [0.15, 0.2) is 5.38 Å². The maximum atomic E-state index is 5.84. The monoisotopic (exact) mass is 171 g/mol. The lowest BCUT2D eigenvalue weighted by Crippen LogP contribution is -2.16. The fourth-order valence-electron chi connectivity index (χ4n) is 0.795. The van der Waals surface area contributed by atoms with Gasteiger partial charge in [0.05, 0.1) is 11.7 Å². The number of hydrogen-bond donors (Lipinski definition) is 2. The summed E-state index contributed by atoms with van der Waals surface area (Å²) < 4.78 is 0. The average Bonchev–Trinajstić information content (AvgIpc) is 2.34. The van der Waals surface area contributed by atoms with Gasteiger partial charge in [0.25, 0.3) is 0 Å². The molecule has 1 atom stereocenters. The van der Waals surface area contributed by atoms with Crippen LogP contribution in [0.2, 0.25) is 0 Å². The molecule has 0 spiro atoms. The predicted octanol–water partition coefficient (Wildman–Crippen LogP) is 1.38. The molecule has 0 saturated heterocycles. The van der Waals surface area contributed by atoms with E-state index >= 15 is 0 Å². The molecule has 0 bridgehead atoms. The molecule has 11 heavy (non-hydrogen) atoms. The second kappa shape index (κ2) is 3.19. The van der Waals surface area contributed by atoms with Gasteiger partial charge in [-0.15, -0.1) is 11.3 Å². The van der Waals surface area contributed by atoms with Crippen molar-refractivity contribution in [2.75, 3.05) is 5.73 Å². The minimum absolute atomic E-state index is 0.0172. The normalized spacial score (nSPS) is 13.8. The number of hydrogen-bond acceptors (Lipinski definition) is 4. The van der Waals surface area contributed by atoms with Gasteiger partial charge in [-0.25, -0.2) is 4.98 Å². The third-order valence-electron chi connectivity index (χ3n) is 1.60. The first-order valence-corrected chi connectivity index (χ1v) is 4.45. The van der Waals surface area contributed by atoms with Crippen LogP contribution < -0.4 is 11.5 Å². The lowest BCUT2D eigenvalue weighted by atomic mass is 10.0. The van der Waals surface area contributed by atoms with Gasteiger partial charge in [-0.1, -0.05) is 13.8 Å². The molecule has 0 saturated carbocycles. The minimum atomic E-state index is 0.0172. The number of anilines is 1. The van der Waals surface area contributed by atoms with E-state index in [1.54, 1.807) is 0 Å². The molecule has 62 valence electrons. The molecule has 0 aliphatic rings. The van der Waals surface area contributed by atoms with E-state index in [1.807, 2.05) is 5.38 Å². The Labute approximate surface area is 70.4 Å². The van der Waals surface area contributed by atoms with Gasteiger partial charge < -0.3 is 11.5 Å². The van der Waals surface area contributed by atoms with E-state index in [0.29, 0.717) is 11.0 Å². The summed E-state index contributed by atoms with van der Waals surface area (Å²) in [4.78, 5) is 4.10. The summed E-state index contributed by atoms with van der Waals surface area (Å²) in [7, 11) is 0. The predicted molar refractivity (Wildman–Crippen MR) is 48.3 cm³/mol. The van der Waals surface area contributed by atoms with Gasteiger partial charge in [0, 0.05) is 5.38 Å². The molecule has 0 unspecified atom stereocenters. The molecule has 0 fully saturated rings. The highest BCUT2D eigenvalue weighted by Crippen LogP contribution is 2.21. The molecular formula is C7H13N3S. The van der Waals surface area contributed by atoms with E-state index in [1.165, 1.54) is 11.3 Å². The molecule has 1 aromatic rings. The SMILES string of the molecule is CC(C)[C@H](N)c1csc(N)n1. The number of thiazole rings is 1. The van der Waals surface area contributed by atoms with E-state index in [0.717, 1.165) is 5.69 Å². The van der Waals surface area contributed by atoms with Crippen molar-refractivity contribution in [1.29, 1.82) is 0 Å². The fourth-order valence-corrected chi connectivity index (χ4v) is 1.40. The molecule has 0 radical (unpaired) electrons. The molecule has 1 rings (SSSR count). The van der Waals surface area contributed by atoms with Crippen molar-refractivity contribution in [3.05, 3.63) is 11.1 Å². The highest BCUT2D eigenvalue weighted by atomic mass is 32.1. The lowest BCUT2D eigenvalue weighted by molar-refractivity contribution is 0.505. The van der Waals surface area contributed by atoms with Crippen LogP contribution in [0.3, 0.4) is 0 Å². The van der Waals surface area contributed by atoms with Crippen LogP contribution in [-0.2, 0) is 0 Å². The van der Waals surface area contributed by atoms with Crippen LogP contribution >= 0.6 is 11.3 Å². The Morgan fingerprint density at radius 3 is 2.55 bits per heavy atom. The van der Waals surface area contributed by atoms with Gasteiger partial charge in [0.15, 0.2) is 5.13 Å². The Balaban J connectivity index is 2.76. The van der Waals surface area contributed by atoms with Crippen molar-refractivity contribution in [3.8, 4) is 0 Å². The van der Waals surface area contributed by atoms with E-state index in [2.05, 4.69) is 18.8 Å². The smallest absolute Gasteiger partial charge is 0.180 e. The molecule has 1 heterocycles. The van der Waals surface area contributed by atoms with Crippen LogP contribution in [0.1, 0.15) is 25.6 Å². The van der Waals surface area contributed by atoms with Crippen LogP contribution in [0.5, 0.6) is 0 Å². The van der Waals surface area contributed by atoms with Crippen LogP contribution in [-0.4, -0.2) is 4.98 Å². The molecule has 0 amide bonds. The Bertz CT molecular complexity index is 231. The Kier molecular flexibility index (Phi) is 2.46. The summed E-state index contributed by atoms with van der Waals surface area (Å²) in [6.45, 7) is 4.14. The van der Waals surface area contributed by atoms with Gasteiger partial charge in [0.2, 0.25) is 0 Å². The Hall–Kier alpha value is -0.610. The fraction of sp³-hybridized carbons (Fsp3) is 0.571. The number of nitrogens with zero attached hydrogens (tertiary/aromatic N) is 1. The van der Waals surface area contributed by atoms with Crippen molar-refractivity contribution in [2.24, 2.45) is 11.7 Å². The molecule has 3 nitrogen and oxygen atoms in total. The quantitative estimate of drug-likeness (QED) is 0.706. The Morgan fingerprint density at radius 1 is 1.55 bits per heavy atom. The molecule has 4 heteroatoms. The first-order valence-electron chi connectivity index (χ1n) is 3.57. The number of rotatable bonds is 2. The molecule has 1 aromatic heterocycles. The van der Waals surface area contributed by atoms with E-state index in [-0.39, 0.29) is 6.04 Å². The zero-order valence-electron chi connectivity index (χ0n) is 6.74. The highest BCUT2D eigenvalue weighted by Gasteiger charge is 2.12. The topological polar surface area (TPSA) is 64.9 Å². The molecular weight excluding hydrogens is 158 g/mol. The number of nitrogens with two attached hydrogens (primary N) is 2. The van der Waals surface area contributed by atoms with E-state index in [9.17, 15) is 0 Å². The van der Waals surface area contributed by atoms with Gasteiger partial charge in [-0.3, -0.25) is 0 Å². The summed E-state index contributed by atoms with van der Waals surface area (Å²) >= 11 is 1.44. The number of nitrogen functional groups attached to an aromatic ring is 1. The molecule has 4 N–H and O–H groups in total. The van der Waals surface area contributed by atoms with Crippen molar-refractivity contribution in [2.45, 2.75) is 19.9 Å². The molecule has 0 aliphatic carbocycles. The third-order valence-corrected chi connectivity index (χ3v) is 2.29. The summed E-state index contributed by atoms with van der Waals surface area (Å²) in [5.41, 5.74) is 12.2. The maximum Gasteiger partial charge on any atom is 0.180 e. The van der Waals surface area contributed by atoms with Crippen molar-refractivity contribution >= 4 is 16.5 Å². The van der Waals surface area contributed by atoms with Gasteiger partial charge in [0.1, 0.15) is 0 Å². The minimum Gasteiger partial charge on any atom is -0.375 e. The summed E-state index contributed by atoms with van der Waals surface area (Å²) in [6.07, 6.45) is 0. The second-order valence-electron chi connectivity index (χ2n) is 2.88. The largest absolute Gasteiger partial charge is 0.375 e. The number of aromatic nitrogens is 1. The average molecular weight is 171 g/mol. The standard InChI is InChI=1S/C7H13N3S/c1-4(2)6(8)5-3-11-7(9)10-5/h3-4,6H,8H2,1-2H3,(H2,9,10)/t6-/m0/s1.